The number of rotatable bonds is 7. The van der Waals surface area contributed by atoms with Gasteiger partial charge in [-0.15, -0.1) is 0 Å². The second-order valence-corrected chi connectivity index (χ2v) is 11.7. The third-order valence-electron chi connectivity index (χ3n) is 8.47. The second kappa shape index (κ2) is 14.8. The Kier molecular flexibility index (Phi) is 10.4. The molecule has 1 aliphatic rings. The van der Waals surface area contributed by atoms with Crippen molar-refractivity contribution in [1.29, 1.82) is 0 Å². The van der Waals surface area contributed by atoms with Crippen LogP contribution < -0.4 is 10.1 Å². The number of amides is 1. The number of esters is 1. The molecule has 1 aliphatic heterocycles. The average molecular weight is 625 g/mol. The van der Waals surface area contributed by atoms with Crippen molar-refractivity contribution in [3.63, 3.8) is 0 Å². The molecule has 1 aromatic heterocycles. The normalized spacial score (nSPS) is 16.7. The van der Waals surface area contributed by atoms with Crippen LogP contribution in [-0.4, -0.2) is 46.1 Å². The number of fused-ring (bicyclic) bond motifs is 2. The van der Waals surface area contributed by atoms with E-state index in [2.05, 4.69) is 10.3 Å². The van der Waals surface area contributed by atoms with E-state index < -0.39 is 23.7 Å². The van der Waals surface area contributed by atoms with Crippen LogP contribution in [0.3, 0.4) is 0 Å². The predicted octanol–water partition coefficient (Wildman–Crippen LogP) is 6.91. The number of H-pyrrole nitrogens is 1. The van der Waals surface area contributed by atoms with Crippen molar-refractivity contribution >= 4 is 34.6 Å². The van der Waals surface area contributed by atoms with Crippen LogP contribution in [0, 0.1) is 0 Å². The number of hydrogen-bond donors (Lipinski definition) is 4. The van der Waals surface area contributed by atoms with E-state index in [4.69, 9.17) is 9.47 Å². The number of allylic oxidation sites excluding steroid dienone is 1. The van der Waals surface area contributed by atoms with Crippen LogP contribution >= 0.6 is 0 Å². The molecule has 2 heterocycles. The average Bonchev–Trinajstić information content (AvgIpc) is 3.52. The number of ketones is 1. The molecule has 4 aromatic rings. The number of phenolic OH excluding ortho intramolecular Hbond substituents is 2. The highest BCUT2D eigenvalue weighted by molar-refractivity contribution is 5.98. The van der Waals surface area contributed by atoms with Gasteiger partial charge < -0.3 is 30.0 Å². The molecule has 5 rings (SSSR count). The highest BCUT2D eigenvalue weighted by atomic mass is 16.5. The van der Waals surface area contributed by atoms with Gasteiger partial charge in [0.2, 0.25) is 5.91 Å². The number of aromatic nitrogens is 1. The smallest absolute Gasteiger partial charge is 0.342 e. The van der Waals surface area contributed by atoms with Gasteiger partial charge in [-0.05, 0) is 79.6 Å². The van der Waals surface area contributed by atoms with Crippen LogP contribution in [0.25, 0.3) is 17.0 Å². The molecule has 9 nitrogen and oxygen atoms in total. The number of ether oxygens (including phenoxy) is 2. The molecule has 0 radical (unpaired) electrons. The van der Waals surface area contributed by atoms with Crippen LogP contribution in [0.4, 0.5) is 0 Å². The molecule has 0 fully saturated rings. The quantitative estimate of drug-likeness (QED) is 0.164. The number of Topliss-reactive ketones (excluding diaryl/α,β-unsaturated/α-hetero) is 1. The number of benzene rings is 3. The number of aromatic amines is 1. The number of cyclic esters (lactones) is 1. The largest absolute Gasteiger partial charge is 0.507 e. The van der Waals surface area contributed by atoms with Crippen LogP contribution in [0.5, 0.6) is 17.2 Å². The van der Waals surface area contributed by atoms with Crippen molar-refractivity contribution in [1.82, 2.24) is 10.3 Å². The minimum Gasteiger partial charge on any atom is -0.507 e. The van der Waals surface area contributed by atoms with Crippen LogP contribution in [0.1, 0.15) is 90.4 Å². The predicted molar refractivity (Wildman–Crippen MR) is 176 cm³/mol. The number of aromatic hydroxyl groups is 2. The summed E-state index contributed by atoms with van der Waals surface area (Å²) in [6, 6.07) is 16.2. The van der Waals surface area contributed by atoms with Gasteiger partial charge >= 0.3 is 5.97 Å². The van der Waals surface area contributed by atoms with E-state index in [1.165, 1.54) is 6.07 Å². The van der Waals surface area contributed by atoms with Crippen molar-refractivity contribution in [2.24, 2.45) is 0 Å². The number of carbonyl (C=O) groups excluding carboxylic acids is 3. The Bertz CT molecular complexity index is 1740. The van der Waals surface area contributed by atoms with E-state index in [9.17, 15) is 24.6 Å². The SMILES string of the molecule is COc1ccc(C(CC(=O)NCc2cccc3[nH]ccc23)c2c(O)cc3c(c2O)C(=O)OC(C)CCCC(=O)CCCC=C3)cc1. The summed E-state index contributed by atoms with van der Waals surface area (Å²) >= 11 is 0. The molecule has 0 aliphatic carbocycles. The zero-order valence-electron chi connectivity index (χ0n) is 26.2. The van der Waals surface area contributed by atoms with E-state index >= 15 is 0 Å². The van der Waals surface area contributed by atoms with E-state index in [0.717, 1.165) is 16.5 Å². The Morgan fingerprint density at radius 2 is 1.87 bits per heavy atom. The van der Waals surface area contributed by atoms with E-state index in [1.54, 1.807) is 44.4 Å². The molecular weight excluding hydrogens is 584 g/mol. The number of phenols is 2. The summed E-state index contributed by atoms with van der Waals surface area (Å²) in [5, 5.41) is 27.1. The number of hydrogen-bond acceptors (Lipinski definition) is 7. The molecule has 2 atom stereocenters. The number of nitrogens with one attached hydrogen (secondary N) is 2. The molecule has 46 heavy (non-hydrogen) atoms. The third kappa shape index (κ3) is 7.59. The van der Waals surface area contributed by atoms with Crippen LogP contribution in [0.15, 0.2) is 66.9 Å². The summed E-state index contributed by atoms with van der Waals surface area (Å²) < 4.78 is 11.0. The Morgan fingerprint density at radius 3 is 2.65 bits per heavy atom. The molecule has 0 bridgehead atoms. The molecule has 3 aromatic carbocycles. The van der Waals surface area contributed by atoms with Crippen LogP contribution in [-0.2, 0) is 20.9 Å². The maximum atomic E-state index is 13.6. The van der Waals surface area contributed by atoms with Gasteiger partial charge in [0, 0.05) is 54.4 Å². The fourth-order valence-electron chi connectivity index (χ4n) is 6.00. The minimum atomic E-state index is -0.812. The molecule has 4 N–H and O–H groups in total. The van der Waals surface area contributed by atoms with Gasteiger partial charge in [-0.2, -0.15) is 0 Å². The first-order valence-corrected chi connectivity index (χ1v) is 15.7. The molecule has 1 amide bonds. The number of carbonyl (C=O) groups is 3. The maximum absolute atomic E-state index is 13.6. The molecule has 240 valence electrons. The Hall–Kier alpha value is -5.05. The first kappa shape index (κ1) is 32.3. The van der Waals surface area contributed by atoms with E-state index in [1.807, 2.05) is 36.5 Å². The summed E-state index contributed by atoms with van der Waals surface area (Å²) in [6.45, 7) is 2.03. The van der Waals surface area contributed by atoms with Gasteiger partial charge in [-0.3, -0.25) is 9.59 Å². The van der Waals surface area contributed by atoms with Crippen molar-refractivity contribution in [3.05, 3.63) is 94.7 Å². The van der Waals surface area contributed by atoms with Crippen molar-refractivity contribution in [2.45, 2.75) is 70.4 Å². The Morgan fingerprint density at radius 1 is 1.09 bits per heavy atom. The molecule has 0 spiro atoms. The zero-order chi connectivity index (χ0) is 32.6. The third-order valence-corrected chi connectivity index (χ3v) is 8.47. The van der Waals surface area contributed by atoms with Gasteiger partial charge in [0.05, 0.1) is 13.2 Å². The summed E-state index contributed by atoms with van der Waals surface area (Å²) in [6.07, 6.45) is 7.93. The standard InChI is InChI=1S/C37H40N2O7/c1-23-8-6-12-27(40)11-5-3-4-9-25-20-32(41)35(36(43)34(25)37(44)46-23)30(24-14-16-28(45-2)17-15-24)21-33(42)39-22-26-10-7-13-31-29(26)18-19-38-31/h4,7,9-10,13-20,23,30,38,41,43H,3,5-6,8,11-12,21-22H2,1-2H3,(H,39,42). The summed E-state index contributed by atoms with van der Waals surface area (Å²) in [5.74, 6) is -1.78. The van der Waals surface area contributed by atoms with Crippen molar-refractivity contribution in [2.75, 3.05) is 7.11 Å². The lowest BCUT2D eigenvalue weighted by Gasteiger charge is -2.23. The lowest BCUT2D eigenvalue weighted by Crippen LogP contribution is -2.25. The summed E-state index contributed by atoms with van der Waals surface area (Å²) in [5.41, 5.74) is 2.80. The van der Waals surface area contributed by atoms with E-state index in [-0.39, 0.29) is 47.1 Å². The Labute approximate surface area is 268 Å². The molecular formula is C37H40N2O7. The number of methoxy groups -OCH3 is 1. The lowest BCUT2D eigenvalue weighted by molar-refractivity contribution is -0.121. The molecule has 9 heteroatoms. The first-order chi connectivity index (χ1) is 22.2. The summed E-state index contributed by atoms with van der Waals surface area (Å²) in [4.78, 5) is 42.4. The first-order valence-electron chi connectivity index (χ1n) is 15.7. The minimum absolute atomic E-state index is 0.0523. The maximum Gasteiger partial charge on any atom is 0.342 e. The second-order valence-electron chi connectivity index (χ2n) is 11.7. The highest BCUT2D eigenvalue weighted by Crippen LogP contribution is 2.44. The van der Waals surface area contributed by atoms with E-state index in [0.29, 0.717) is 49.8 Å². The van der Waals surface area contributed by atoms with Crippen LogP contribution in [0.2, 0.25) is 0 Å². The molecule has 0 saturated heterocycles. The van der Waals surface area contributed by atoms with Crippen molar-refractivity contribution in [3.8, 4) is 17.2 Å². The van der Waals surface area contributed by atoms with Gasteiger partial charge in [0.1, 0.15) is 28.6 Å². The summed E-state index contributed by atoms with van der Waals surface area (Å²) in [7, 11) is 1.55. The molecule has 2 unspecified atom stereocenters. The van der Waals surface area contributed by atoms with Gasteiger partial charge in [0.25, 0.3) is 0 Å². The molecule has 0 saturated carbocycles. The lowest BCUT2D eigenvalue weighted by atomic mass is 9.84. The van der Waals surface area contributed by atoms with Gasteiger partial charge in [-0.25, -0.2) is 4.79 Å². The fourth-order valence-corrected chi connectivity index (χ4v) is 6.00. The van der Waals surface area contributed by atoms with Gasteiger partial charge in [-0.1, -0.05) is 36.4 Å². The fraction of sp³-hybridized carbons (Fsp3) is 0.324. The van der Waals surface area contributed by atoms with Crippen molar-refractivity contribution < 1.29 is 34.1 Å². The topological polar surface area (TPSA) is 138 Å². The Balaban J connectivity index is 1.51. The highest BCUT2D eigenvalue weighted by Gasteiger charge is 2.31. The monoisotopic (exact) mass is 624 g/mol. The van der Waals surface area contributed by atoms with Gasteiger partial charge in [0.15, 0.2) is 0 Å². The zero-order valence-corrected chi connectivity index (χ0v) is 26.2.